The zero-order chi connectivity index (χ0) is 22.9. The second-order valence-electron chi connectivity index (χ2n) is 10.8. The Bertz CT molecular complexity index is 971. The highest BCUT2D eigenvalue weighted by molar-refractivity contribution is 7.88. The fourth-order valence-corrected chi connectivity index (χ4v) is 7.05. The van der Waals surface area contributed by atoms with Crippen molar-refractivity contribution in [3.8, 4) is 0 Å². The fraction of sp³-hybridized carbons (Fsp3) is 0.636. The number of fused-ring (bicyclic) bond motifs is 1. The minimum Gasteiger partial charge on any atom is -0.414 e. The van der Waals surface area contributed by atoms with Gasteiger partial charge in [-0.05, 0) is 56.1 Å². The van der Waals surface area contributed by atoms with Crippen molar-refractivity contribution in [1.82, 2.24) is 9.71 Å². The van der Waals surface area contributed by atoms with Gasteiger partial charge in [0.2, 0.25) is 10.0 Å². The molecule has 0 aliphatic carbocycles. The Labute approximate surface area is 185 Å². The summed E-state index contributed by atoms with van der Waals surface area (Å²) in [6.45, 7) is 18.3. The molecule has 170 valence electrons. The number of hydrogen-bond donors (Lipinski definition) is 2. The second kappa shape index (κ2) is 9.28. The lowest BCUT2D eigenvalue weighted by atomic mass is 9.88. The average Bonchev–Trinajstić information content (AvgIpc) is 2.96. The minimum atomic E-state index is -3.32. The van der Waals surface area contributed by atoms with Crippen molar-refractivity contribution < 1.29 is 12.8 Å². The number of benzene rings is 1. The number of hydrogen-bond acceptors (Lipinski definition) is 3. The van der Waals surface area contributed by atoms with E-state index in [0.29, 0.717) is 0 Å². The molecule has 2 rings (SSSR count). The van der Waals surface area contributed by atoms with Gasteiger partial charge in [0.25, 0.3) is 0 Å². The first kappa shape index (κ1) is 25.3. The predicted molar refractivity (Wildman–Crippen MR) is 134 cm³/mol. The summed E-state index contributed by atoms with van der Waals surface area (Å²) >= 11 is 0. The van der Waals surface area contributed by atoms with Gasteiger partial charge in [0.05, 0.1) is 19.9 Å². The molecule has 0 saturated heterocycles. The van der Waals surface area contributed by atoms with Crippen molar-refractivity contribution in [3.05, 3.63) is 29.3 Å². The van der Waals surface area contributed by atoms with Gasteiger partial charge in [-0.3, -0.25) is 0 Å². The van der Waals surface area contributed by atoms with Crippen LogP contribution in [0.4, 0.5) is 0 Å². The maximum atomic E-state index is 12.1. The van der Waals surface area contributed by atoms with Crippen LogP contribution in [0, 0.1) is 5.41 Å². The number of sulfonamides is 1. The van der Waals surface area contributed by atoms with E-state index in [-0.39, 0.29) is 17.3 Å². The number of rotatable bonds is 9. The number of H-pyrrole nitrogens is 1. The van der Waals surface area contributed by atoms with Crippen LogP contribution in [0.1, 0.15) is 50.8 Å². The maximum absolute atomic E-state index is 12.1. The lowest BCUT2D eigenvalue weighted by Crippen LogP contribution is -2.42. The summed E-state index contributed by atoms with van der Waals surface area (Å²) in [5.74, 6) is -0.0151. The van der Waals surface area contributed by atoms with Crippen molar-refractivity contribution in [2.45, 2.75) is 78.2 Å². The Kier molecular flexibility index (Phi) is 7.83. The van der Waals surface area contributed by atoms with E-state index < -0.39 is 27.1 Å². The van der Waals surface area contributed by atoms with Gasteiger partial charge in [0.1, 0.15) is 0 Å². The summed E-state index contributed by atoms with van der Waals surface area (Å²) < 4.78 is 33.3. The summed E-state index contributed by atoms with van der Waals surface area (Å²) in [4.78, 5) is 3.69. The van der Waals surface area contributed by atoms with Crippen LogP contribution in [0.2, 0.25) is 32.7 Å². The summed E-state index contributed by atoms with van der Waals surface area (Å²) in [6, 6.07) is 5.99. The SMILES string of the molecule is CNS(=O)(=O)Cc1ccc2[nH]c([Si](C)(C)C)c(C(CCC(C)(C)C)O[SiH](C)C)c2c1. The minimum absolute atomic E-state index is 0.0151. The van der Waals surface area contributed by atoms with E-state index in [4.69, 9.17) is 4.43 Å². The molecule has 1 aromatic heterocycles. The summed E-state index contributed by atoms with van der Waals surface area (Å²) in [5.41, 5.74) is 3.37. The molecule has 0 spiro atoms. The van der Waals surface area contributed by atoms with E-state index >= 15 is 0 Å². The van der Waals surface area contributed by atoms with Gasteiger partial charge in [-0.2, -0.15) is 0 Å². The maximum Gasteiger partial charge on any atom is 0.215 e. The molecule has 2 N–H and O–H groups in total. The highest BCUT2D eigenvalue weighted by Crippen LogP contribution is 2.35. The van der Waals surface area contributed by atoms with Crippen LogP contribution in [-0.4, -0.2) is 37.6 Å². The Balaban J connectivity index is 2.66. The normalized spacial score (nSPS) is 14.6. The second-order valence-corrected chi connectivity index (χ2v) is 20.1. The van der Waals surface area contributed by atoms with Crippen molar-refractivity contribution in [1.29, 1.82) is 0 Å². The van der Waals surface area contributed by atoms with Crippen molar-refractivity contribution >= 4 is 43.4 Å². The molecule has 8 heteroatoms. The van der Waals surface area contributed by atoms with Gasteiger partial charge in [0.15, 0.2) is 9.04 Å². The van der Waals surface area contributed by atoms with Crippen molar-refractivity contribution in [3.63, 3.8) is 0 Å². The summed E-state index contributed by atoms with van der Waals surface area (Å²) in [6.07, 6.45) is 2.09. The molecule has 2 aromatic rings. The molecule has 5 nitrogen and oxygen atoms in total. The molecular formula is C22H40N2O3SSi2. The standard InChI is InChI=1S/C22H40N2O3SSi2/c1-22(2,3)13-12-19(27-29(5)6)20-17-14-16(15-28(25,26)23-4)10-11-18(17)24-21(20)30(7,8)9/h10-11,14,19,23-24,29H,12-13,15H2,1-9H3. The van der Waals surface area contributed by atoms with Crippen LogP contribution in [-0.2, 0) is 20.2 Å². The highest BCUT2D eigenvalue weighted by atomic mass is 32.2. The third-order valence-corrected chi connectivity index (χ3v) is 9.34. The lowest BCUT2D eigenvalue weighted by molar-refractivity contribution is 0.176. The Morgan fingerprint density at radius 3 is 2.33 bits per heavy atom. The molecule has 0 radical (unpaired) electrons. The average molecular weight is 469 g/mol. The van der Waals surface area contributed by atoms with Gasteiger partial charge in [0, 0.05) is 21.8 Å². The molecule has 1 atom stereocenters. The number of aromatic nitrogens is 1. The Hall–Kier alpha value is -0.936. The van der Waals surface area contributed by atoms with Crippen LogP contribution < -0.4 is 10.0 Å². The van der Waals surface area contributed by atoms with Gasteiger partial charge in [-0.15, -0.1) is 0 Å². The molecule has 0 aliphatic heterocycles. The highest BCUT2D eigenvalue weighted by Gasteiger charge is 2.30. The zero-order valence-electron chi connectivity index (χ0n) is 20.1. The summed E-state index contributed by atoms with van der Waals surface area (Å²) in [5, 5.41) is 2.43. The van der Waals surface area contributed by atoms with E-state index in [1.54, 1.807) is 0 Å². The first-order chi connectivity index (χ1) is 13.6. The third-order valence-electron chi connectivity index (χ3n) is 5.24. The van der Waals surface area contributed by atoms with Crippen LogP contribution in [0.15, 0.2) is 18.2 Å². The van der Waals surface area contributed by atoms with Gasteiger partial charge >= 0.3 is 0 Å². The molecule has 1 heterocycles. The van der Waals surface area contributed by atoms with Crippen molar-refractivity contribution in [2.75, 3.05) is 7.05 Å². The smallest absolute Gasteiger partial charge is 0.215 e. The molecule has 0 aliphatic rings. The van der Waals surface area contributed by atoms with E-state index in [0.717, 1.165) is 29.3 Å². The van der Waals surface area contributed by atoms with Crippen LogP contribution in [0.25, 0.3) is 10.9 Å². The van der Waals surface area contributed by atoms with Crippen LogP contribution in [0.5, 0.6) is 0 Å². The van der Waals surface area contributed by atoms with Crippen LogP contribution in [0.3, 0.4) is 0 Å². The molecule has 1 unspecified atom stereocenters. The quantitative estimate of drug-likeness (QED) is 0.527. The topological polar surface area (TPSA) is 71.2 Å². The van der Waals surface area contributed by atoms with Gasteiger partial charge < -0.3 is 9.41 Å². The third kappa shape index (κ3) is 6.78. The molecule has 1 aromatic carbocycles. The fourth-order valence-electron chi connectivity index (χ4n) is 3.74. The molecule has 30 heavy (non-hydrogen) atoms. The molecule has 0 amide bonds. The molecule has 0 bridgehead atoms. The van der Waals surface area contributed by atoms with E-state index in [1.165, 1.54) is 17.9 Å². The molecule has 0 saturated carbocycles. The monoisotopic (exact) mass is 468 g/mol. The van der Waals surface area contributed by atoms with E-state index in [2.05, 4.69) is 69.3 Å². The summed E-state index contributed by atoms with van der Waals surface area (Å²) in [7, 11) is -4.80. The van der Waals surface area contributed by atoms with Gasteiger partial charge in [-0.1, -0.05) is 46.5 Å². The Morgan fingerprint density at radius 1 is 1.20 bits per heavy atom. The largest absolute Gasteiger partial charge is 0.414 e. The van der Waals surface area contributed by atoms with Gasteiger partial charge in [-0.25, -0.2) is 13.1 Å². The number of nitrogens with one attached hydrogen (secondary N) is 2. The zero-order valence-corrected chi connectivity index (χ0v) is 23.1. The molecular weight excluding hydrogens is 428 g/mol. The molecule has 0 fully saturated rings. The Morgan fingerprint density at radius 2 is 1.83 bits per heavy atom. The first-order valence-corrected chi connectivity index (χ1v) is 18.8. The van der Waals surface area contributed by atoms with E-state index in [1.807, 2.05) is 12.1 Å². The lowest BCUT2D eigenvalue weighted by Gasteiger charge is -2.28. The predicted octanol–water partition coefficient (Wildman–Crippen LogP) is 4.63. The van der Waals surface area contributed by atoms with E-state index in [9.17, 15) is 8.42 Å². The van der Waals surface area contributed by atoms with Crippen LogP contribution >= 0.6 is 0 Å². The number of aromatic amines is 1. The van der Waals surface area contributed by atoms with Crippen molar-refractivity contribution in [2.24, 2.45) is 5.41 Å². The first-order valence-electron chi connectivity index (χ1n) is 10.8.